The largest absolute Gasteiger partial charge is 0.362 e. The van der Waals surface area contributed by atoms with Gasteiger partial charge in [-0.2, -0.15) is 0 Å². The fourth-order valence-corrected chi connectivity index (χ4v) is 3.01. The first-order chi connectivity index (χ1) is 8.24. The Balaban J connectivity index is 2.05. The number of hydrogen-bond acceptors (Lipinski definition) is 4. The number of nitrogens with zero attached hydrogens (tertiary/aromatic N) is 3. The number of thioether (sulfide) groups is 1. The molecule has 0 atom stereocenters. The van der Waals surface area contributed by atoms with Crippen LogP contribution in [0.4, 0.5) is 4.79 Å². The second kappa shape index (κ2) is 5.68. The third-order valence-corrected chi connectivity index (χ3v) is 3.96. The van der Waals surface area contributed by atoms with Gasteiger partial charge in [-0.05, 0) is 25.6 Å². The van der Waals surface area contributed by atoms with Crippen LogP contribution in [0.2, 0.25) is 0 Å². The number of rotatable bonds is 1. The standard InChI is InChI=1S/C10H16N4OS2/c1-2-11-8(16)13-5-3-6-14(10(13)15)9-12-4-7-17-9/h2-7H2,1H3,(H,11,16). The van der Waals surface area contributed by atoms with Crippen LogP contribution in [0.25, 0.3) is 0 Å². The molecule has 5 nitrogen and oxygen atoms in total. The zero-order chi connectivity index (χ0) is 12.3. The highest BCUT2D eigenvalue weighted by Crippen LogP contribution is 2.20. The third kappa shape index (κ3) is 2.71. The molecule has 7 heteroatoms. The predicted molar refractivity (Wildman–Crippen MR) is 74.5 cm³/mol. The van der Waals surface area contributed by atoms with E-state index in [-0.39, 0.29) is 6.03 Å². The van der Waals surface area contributed by atoms with Gasteiger partial charge in [0.2, 0.25) is 0 Å². The minimum absolute atomic E-state index is 0.0460. The molecular formula is C10H16N4OS2. The second-order valence-electron chi connectivity index (χ2n) is 3.79. The summed E-state index contributed by atoms with van der Waals surface area (Å²) < 4.78 is 0. The van der Waals surface area contributed by atoms with Crippen molar-refractivity contribution in [3.05, 3.63) is 0 Å². The second-order valence-corrected chi connectivity index (χ2v) is 5.24. The summed E-state index contributed by atoms with van der Waals surface area (Å²) in [6.45, 7) is 4.95. The van der Waals surface area contributed by atoms with E-state index in [1.807, 2.05) is 6.92 Å². The first kappa shape index (κ1) is 12.6. The van der Waals surface area contributed by atoms with E-state index in [2.05, 4.69) is 10.3 Å². The molecule has 0 saturated carbocycles. The minimum Gasteiger partial charge on any atom is -0.362 e. The summed E-state index contributed by atoms with van der Waals surface area (Å²) in [4.78, 5) is 20.0. The molecule has 94 valence electrons. The van der Waals surface area contributed by atoms with Crippen LogP contribution in [0, 0.1) is 0 Å². The lowest BCUT2D eigenvalue weighted by Gasteiger charge is -2.35. The van der Waals surface area contributed by atoms with Crippen LogP contribution in [0.5, 0.6) is 0 Å². The van der Waals surface area contributed by atoms with Gasteiger partial charge in [0, 0.05) is 25.4 Å². The molecule has 1 N–H and O–H groups in total. The van der Waals surface area contributed by atoms with E-state index in [1.165, 1.54) is 0 Å². The van der Waals surface area contributed by atoms with Gasteiger partial charge in [0.15, 0.2) is 10.3 Å². The number of urea groups is 1. The summed E-state index contributed by atoms with van der Waals surface area (Å²) in [5, 5.41) is 4.39. The van der Waals surface area contributed by atoms with Gasteiger partial charge in [0.25, 0.3) is 0 Å². The summed E-state index contributed by atoms with van der Waals surface area (Å²) >= 11 is 6.84. The number of aliphatic imine (C=N–C) groups is 1. The average molecular weight is 272 g/mol. The zero-order valence-corrected chi connectivity index (χ0v) is 11.4. The monoisotopic (exact) mass is 272 g/mol. The maximum absolute atomic E-state index is 12.3. The van der Waals surface area contributed by atoms with Crippen molar-refractivity contribution in [1.82, 2.24) is 15.1 Å². The molecule has 2 aliphatic heterocycles. The Morgan fingerprint density at radius 3 is 3.06 bits per heavy atom. The van der Waals surface area contributed by atoms with E-state index in [9.17, 15) is 4.79 Å². The zero-order valence-electron chi connectivity index (χ0n) is 9.81. The molecule has 0 radical (unpaired) electrons. The summed E-state index contributed by atoms with van der Waals surface area (Å²) in [6.07, 6.45) is 0.927. The molecule has 0 bridgehead atoms. The molecule has 2 rings (SSSR count). The molecule has 2 heterocycles. The molecule has 0 aromatic heterocycles. The number of amidine groups is 1. The molecule has 1 fully saturated rings. The number of thiocarbonyl (C=S) groups is 1. The lowest BCUT2D eigenvalue weighted by atomic mass is 10.3. The van der Waals surface area contributed by atoms with Gasteiger partial charge in [-0.1, -0.05) is 11.8 Å². The molecule has 0 spiro atoms. The Bertz CT molecular complexity index is 358. The smallest absolute Gasteiger partial charge is 0.332 e. The predicted octanol–water partition coefficient (Wildman–Crippen LogP) is 1.11. The van der Waals surface area contributed by atoms with Crippen LogP contribution in [0.15, 0.2) is 4.99 Å². The quantitative estimate of drug-likeness (QED) is 0.727. The van der Waals surface area contributed by atoms with Crippen LogP contribution in [-0.2, 0) is 0 Å². The molecule has 2 amide bonds. The van der Waals surface area contributed by atoms with Gasteiger partial charge in [0.05, 0.1) is 6.54 Å². The van der Waals surface area contributed by atoms with Crippen molar-refractivity contribution in [1.29, 1.82) is 0 Å². The van der Waals surface area contributed by atoms with Crippen molar-refractivity contribution in [2.24, 2.45) is 4.99 Å². The van der Waals surface area contributed by atoms with E-state index in [0.717, 1.165) is 37.0 Å². The highest BCUT2D eigenvalue weighted by atomic mass is 32.2. The number of nitrogens with one attached hydrogen (secondary N) is 1. The molecule has 0 aromatic carbocycles. The van der Waals surface area contributed by atoms with Gasteiger partial charge >= 0.3 is 6.03 Å². The van der Waals surface area contributed by atoms with Crippen LogP contribution < -0.4 is 5.32 Å². The van der Waals surface area contributed by atoms with Crippen molar-refractivity contribution in [3.8, 4) is 0 Å². The van der Waals surface area contributed by atoms with Crippen LogP contribution in [0.1, 0.15) is 13.3 Å². The van der Waals surface area contributed by atoms with Gasteiger partial charge in [0.1, 0.15) is 0 Å². The Morgan fingerprint density at radius 1 is 1.59 bits per heavy atom. The fourth-order valence-electron chi connectivity index (χ4n) is 1.82. The Hall–Kier alpha value is -0.820. The summed E-state index contributed by atoms with van der Waals surface area (Å²) in [7, 11) is 0. The van der Waals surface area contributed by atoms with Gasteiger partial charge in [-0.15, -0.1) is 0 Å². The third-order valence-electron chi connectivity index (χ3n) is 2.60. The fraction of sp³-hybridized carbons (Fsp3) is 0.700. The van der Waals surface area contributed by atoms with Crippen LogP contribution in [-0.4, -0.2) is 58.0 Å². The van der Waals surface area contributed by atoms with Gasteiger partial charge in [-0.3, -0.25) is 14.8 Å². The molecule has 2 aliphatic rings. The van der Waals surface area contributed by atoms with Gasteiger partial charge < -0.3 is 5.32 Å². The summed E-state index contributed by atoms with van der Waals surface area (Å²) in [5.41, 5.74) is 0. The summed E-state index contributed by atoms with van der Waals surface area (Å²) in [6, 6.07) is -0.0460. The van der Waals surface area contributed by atoms with E-state index in [0.29, 0.717) is 11.7 Å². The van der Waals surface area contributed by atoms with Crippen LogP contribution >= 0.6 is 24.0 Å². The first-order valence-corrected chi connectivity index (χ1v) is 7.17. The molecule has 0 unspecified atom stereocenters. The minimum atomic E-state index is -0.0460. The van der Waals surface area contributed by atoms with Gasteiger partial charge in [-0.25, -0.2) is 4.79 Å². The maximum atomic E-state index is 12.3. The Kier molecular flexibility index (Phi) is 4.22. The number of carbonyl (C=O) groups excluding carboxylic acids is 1. The normalized spacial score (nSPS) is 20.5. The van der Waals surface area contributed by atoms with E-state index in [1.54, 1.807) is 21.6 Å². The highest BCUT2D eigenvalue weighted by molar-refractivity contribution is 8.14. The van der Waals surface area contributed by atoms with Crippen molar-refractivity contribution in [2.75, 3.05) is 31.9 Å². The molecular weight excluding hydrogens is 256 g/mol. The summed E-state index contributed by atoms with van der Waals surface area (Å²) in [5.74, 6) is 0.969. The first-order valence-electron chi connectivity index (χ1n) is 5.78. The number of carbonyl (C=O) groups is 1. The Morgan fingerprint density at radius 2 is 2.41 bits per heavy atom. The maximum Gasteiger partial charge on any atom is 0.332 e. The average Bonchev–Trinajstić information content (AvgIpc) is 2.83. The molecule has 1 saturated heterocycles. The van der Waals surface area contributed by atoms with Crippen molar-refractivity contribution in [2.45, 2.75) is 13.3 Å². The van der Waals surface area contributed by atoms with E-state index in [4.69, 9.17) is 12.2 Å². The van der Waals surface area contributed by atoms with Crippen molar-refractivity contribution >= 4 is 40.3 Å². The number of amides is 2. The Labute approximate surface area is 111 Å². The molecule has 0 aliphatic carbocycles. The van der Waals surface area contributed by atoms with E-state index >= 15 is 0 Å². The highest BCUT2D eigenvalue weighted by Gasteiger charge is 2.32. The molecule has 17 heavy (non-hydrogen) atoms. The lowest BCUT2D eigenvalue weighted by Crippen LogP contribution is -2.55. The SMILES string of the molecule is CCNC(=S)N1CCCN(C2=NCCS2)C1=O. The topological polar surface area (TPSA) is 47.9 Å². The van der Waals surface area contributed by atoms with Crippen molar-refractivity contribution in [3.63, 3.8) is 0 Å². The van der Waals surface area contributed by atoms with Crippen molar-refractivity contribution < 1.29 is 4.79 Å². The van der Waals surface area contributed by atoms with Crippen LogP contribution in [0.3, 0.4) is 0 Å². The van der Waals surface area contributed by atoms with E-state index < -0.39 is 0 Å². The number of hydrogen-bond donors (Lipinski definition) is 1. The molecule has 0 aromatic rings. The lowest BCUT2D eigenvalue weighted by molar-refractivity contribution is 0.184.